The molecule has 0 amide bonds. The molecule has 112 valence electrons. The minimum atomic E-state index is 1.17. The molecule has 0 unspecified atom stereocenters. The predicted octanol–water partition coefficient (Wildman–Crippen LogP) is 6.86. The zero-order chi connectivity index (χ0) is 15.8. The molecule has 0 spiro atoms. The first-order valence-corrected chi connectivity index (χ1v) is 7.63. The van der Waals surface area contributed by atoms with E-state index in [-0.39, 0.29) is 0 Å². The Labute approximate surface area is 130 Å². The van der Waals surface area contributed by atoms with Crippen molar-refractivity contribution in [3.8, 4) is 0 Å². The fourth-order valence-electron chi connectivity index (χ4n) is 1.53. The van der Waals surface area contributed by atoms with Crippen LogP contribution in [0.2, 0.25) is 0 Å². The van der Waals surface area contributed by atoms with Gasteiger partial charge in [0, 0.05) is 0 Å². The smallest absolute Gasteiger partial charge is 0.0263 e. The van der Waals surface area contributed by atoms with Gasteiger partial charge in [0.25, 0.3) is 0 Å². The second-order valence-corrected chi connectivity index (χ2v) is 4.58. The largest absolute Gasteiger partial charge is 0.0985 e. The summed E-state index contributed by atoms with van der Waals surface area (Å²) in [4.78, 5) is 0. The average Bonchev–Trinajstić information content (AvgIpc) is 2.58. The van der Waals surface area contributed by atoms with E-state index in [9.17, 15) is 0 Å². The van der Waals surface area contributed by atoms with Gasteiger partial charge >= 0.3 is 0 Å². The Bertz CT molecular complexity index is 408. The highest BCUT2D eigenvalue weighted by Gasteiger charge is 1.76. The van der Waals surface area contributed by atoms with E-state index in [0.717, 1.165) is 0 Å². The van der Waals surface area contributed by atoms with Crippen LogP contribution >= 0.6 is 0 Å². The van der Waals surface area contributed by atoms with Gasteiger partial charge in [-0.05, 0) is 11.1 Å². The predicted molar refractivity (Wildman–Crippen MR) is 98.3 cm³/mol. The lowest BCUT2D eigenvalue weighted by atomic mass is 10.2. The molecule has 0 aromatic heterocycles. The van der Waals surface area contributed by atoms with Crippen LogP contribution in [-0.4, -0.2) is 0 Å². The van der Waals surface area contributed by atoms with Crippen molar-refractivity contribution >= 4 is 12.2 Å². The number of benzene rings is 2. The summed E-state index contributed by atoms with van der Waals surface area (Å²) < 4.78 is 0. The number of unbranched alkanes of at least 4 members (excludes halogenated alkanes) is 2. The van der Waals surface area contributed by atoms with Crippen LogP contribution in [0.3, 0.4) is 0 Å². The third-order valence-corrected chi connectivity index (χ3v) is 2.78. The first-order valence-electron chi connectivity index (χ1n) is 7.63. The van der Waals surface area contributed by atoms with E-state index < -0.39 is 0 Å². The van der Waals surface area contributed by atoms with Crippen LogP contribution < -0.4 is 0 Å². The molecule has 0 bridgehead atoms. The molecule has 0 saturated carbocycles. The van der Waals surface area contributed by atoms with Crippen molar-refractivity contribution in [1.29, 1.82) is 0 Å². The van der Waals surface area contributed by atoms with E-state index in [1.54, 1.807) is 0 Å². The van der Waals surface area contributed by atoms with Crippen molar-refractivity contribution in [2.75, 3.05) is 0 Å². The van der Waals surface area contributed by atoms with E-state index in [1.807, 2.05) is 72.8 Å². The van der Waals surface area contributed by atoms with Gasteiger partial charge in [-0.25, -0.2) is 0 Å². The summed E-state index contributed by atoms with van der Waals surface area (Å²) in [5.41, 5.74) is 2.35. The van der Waals surface area contributed by atoms with Crippen LogP contribution in [-0.2, 0) is 0 Å². The fraction of sp³-hybridized carbons (Fsp3) is 0.238. The molecule has 0 aliphatic carbocycles. The lowest BCUT2D eigenvalue weighted by Gasteiger charge is -1.85. The van der Waals surface area contributed by atoms with Crippen LogP contribution in [0.15, 0.2) is 73.8 Å². The Kier molecular flexibility index (Phi) is 12.9. The van der Waals surface area contributed by atoms with E-state index in [4.69, 9.17) is 0 Å². The molecule has 0 saturated heterocycles. The zero-order valence-corrected chi connectivity index (χ0v) is 13.5. The molecule has 0 fully saturated rings. The quantitative estimate of drug-likeness (QED) is 0.574. The van der Waals surface area contributed by atoms with Crippen molar-refractivity contribution in [2.24, 2.45) is 0 Å². The van der Waals surface area contributed by atoms with Gasteiger partial charge in [0.2, 0.25) is 0 Å². The van der Waals surface area contributed by atoms with Crippen molar-refractivity contribution in [2.45, 2.75) is 33.1 Å². The highest BCUT2D eigenvalue weighted by molar-refractivity contribution is 5.46. The van der Waals surface area contributed by atoms with E-state index >= 15 is 0 Å². The van der Waals surface area contributed by atoms with Gasteiger partial charge in [-0.1, -0.05) is 119 Å². The van der Waals surface area contributed by atoms with Crippen LogP contribution in [0.4, 0.5) is 0 Å². The molecule has 0 atom stereocenters. The number of rotatable bonds is 4. The van der Waals surface area contributed by atoms with E-state index in [0.29, 0.717) is 0 Å². The first-order chi connectivity index (χ1) is 10.3. The summed E-state index contributed by atoms with van der Waals surface area (Å²) in [6, 6.07) is 20.1. The van der Waals surface area contributed by atoms with Crippen LogP contribution in [0.5, 0.6) is 0 Å². The van der Waals surface area contributed by atoms with Crippen molar-refractivity contribution in [3.05, 3.63) is 84.9 Å². The standard InChI is InChI=1S/2C8H8.C5H12/c2*1-2-8-6-4-3-5-7-8;1-3-5-4-2/h2*2-7H,1H2;3-5H2,1-2H3. The number of hydrogen-bond acceptors (Lipinski definition) is 0. The maximum atomic E-state index is 3.63. The highest BCUT2D eigenvalue weighted by atomic mass is 13.8. The van der Waals surface area contributed by atoms with E-state index in [1.165, 1.54) is 30.4 Å². The SMILES string of the molecule is C=Cc1ccccc1.C=Cc1ccccc1.CCCCC. The van der Waals surface area contributed by atoms with Gasteiger partial charge in [-0.15, -0.1) is 0 Å². The molecule has 0 N–H and O–H groups in total. The molecule has 0 heteroatoms. The summed E-state index contributed by atoms with van der Waals surface area (Å²) in [5.74, 6) is 0. The molecular weight excluding hydrogens is 252 g/mol. The Balaban J connectivity index is 0.000000296. The summed E-state index contributed by atoms with van der Waals surface area (Å²) in [5, 5.41) is 0. The zero-order valence-electron chi connectivity index (χ0n) is 13.5. The lowest BCUT2D eigenvalue weighted by Crippen LogP contribution is -1.63. The molecule has 0 aliphatic heterocycles. The Morgan fingerprint density at radius 3 is 1.14 bits per heavy atom. The molecular formula is C21H28. The third-order valence-electron chi connectivity index (χ3n) is 2.78. The van der Waals surface area contributed by atoms with E-state index in [2.05, 4.69) is 27.0 Å². The molecule has 2 aromatic rings. The van der Waals surface area contributed by atoms with Gasteiger partial charge in [0.15, 0.2) is 0 Å². The minimum Gasteiger partial charge on any atom is -0.0985 e. The molecule has 0 heterocycles. The molecule has 2 aromatic carbocycles. The second kappa shape index (κ2) is 14.3. The third kappa shape index (κ3) is 11.4. The van der Waals surface area contributed by atoms with Crippen LogP contribution in [0.1, 0.15) is 44.2 Å². The van der Waals surface area contributed by atoms with Crippen molar-refractivity contribution in [1.82, 2.24) is 0 Å². The summed E-state index contributed by atoms with van der Waals surface area (Å²) in [6.07, 6.45) is 7.74. The minimum absolute atomic E-state index is 1.17. The summed E-state index contributed by atoms with van der Waals surface area (Å²) in [6.45, 7) is 11.7. The summed E-state index contributed by atoms with van der Waals surface area (Å²) in [7, 11) is 0. The maximum Gasteiger partial charge on any atom is -0.0263 e. The monoisotopic (exact) mass is 280 g/mol. The van der Waals surface area contributed by atoms with Gasteiger partial charge < -0.3 is 0 Å². The number of hydrogen-bond donors (Lipinski definition) is 0. The summed E-state index contributed by atoms with van der Waals surface area (Å²) >= 11 is 0. The topological polar surface area (TPSA) is 0 Å². The van der Waals surface area contributed by atoms with Crippen LogP contribution in [0.25, 0.3) is 12.2 Å². The van der Waals surface area contributed by atoms with Crippen molar-refractivity contribution in [3.63, 3.8) is 0 Å². The Hall–Kier alpha value is -2.08. The molecule has 21 heavy (non-hydrogen) atoms. The van der Waals surface area contributed by atoms with Crippen molar-refractivity contribution < 1.29 is 0 Å². The highest BCUT2D eigenvalue weighted by Crippen LogP contribution is 1.98. The van der Waals surface area contributed by atoms with Gasteiger partial charge in [-0.2, -0.15) is 0 Å². The molecule has 0 radical (unpaired) electrons. The Morgan fingerprint density at radius 1 is 0.667 bits per heavy atom. The first kappa shape index (κ1) is 18.9. The van der Waals surface area contributed by atoms with Gasteiger partial charge in [0.05, 0.1) is 0 Å². The Morgan fingerprint density at radius 2 is 1.00 bits per heavy atom. The second-order valence-electron chi connectivity index (χ2n) is 4.58. The normalized spacial score (nSPS) is 8.48. The van der Waals surface area contributed by atoms with Gasteiger partial charge in [-0.3, -0.25) is 0 Å². The average molecular weight is 280 g/mol. The molecule has 2 rings (SSSR count). The molecule has 0 aliphatic rings. The van der Waals surface area contributed by atoms with Crippen LogP contribution in [0, 0.1) is 0 Å². The maximum absolute atomic E-state index is 3.63. The molecule has 0 nitrogen and oxygen atoms in total. The fourth-order valence-corrected chi connectivity index (χ4v) is 1.53. The lowest BCUT2D eigenvalue weighted by molar-refractivity contribution is 0.772. The van der Waals surface area contributed by atoms with Gasteiger partial charge in [0.1, 0.15) is 0 Å².